The van der Waals surface area contributed by atoms with Crippen LogP contribution in [-0.2, 0) is 10.7 Å². The molecule has 0 bridgehead atoms. The number of Topliss-reactive ketones (excluding diaryl/α,β-unsaturated/α-hetero) is 1. The molecule has 0 spiro atoms. The first-order valence-corrected chi connectivity index (χ1v) is 3.70. The molecule has 0 fully saturated rings. The van der Waals surface area contributed by atoms with Gasteiger partial charge in [0.1, 0.15) is 17.2 Å². The molecular weight excluding hydrogens is 200 g/mol. The van der Waals surface area contributed by atoms with Gasteiger partial charge >= 0.3 is 5.92 Å². The minimum Gasteiger partial charge on any atom is -0.293 e. The van der Waals surface area contributed by atoms with Gasteiger partial charge in [0, 0.05) is 6.92 Å². The average molecular weight is 206 g/mol. The average Bonchev–Trinajstić information content (AvgIpc) is 2.02. The summed E-state index contributed by atoms with van der Waals surface area (Å²) in [6.45, 7) is 0.575. The molecule has 0 N–H and O–H groups in total. The highest BCUT2D eigenvalue weighted by Crippen LogP contribution is 2.32. The van der Waals surface area contributed by atoms with E-state index in [0.29, 0.717) is 19.1 Å². The second kappa shape index (κ2) is 3.40. The Bertz CT molecular complexity index is 353. The van der Waals surface area contributed by atoms with Crippen molar-refractivity contribution in [3.05, 3.63) is 35.4 Å². The van der Waals surface area contributed by atoms with Crippen LogP contribution in [0.15, 0.2) is 18.2 Å². The fourth-order valence-corrected chi connectivity index (χ4v) is 0.974. The Morgan fingerprint density at radius 3 is 2.00 bits per heavy atom. The Hall–Kier alpha value is -1.39. The zero-order valence-electron chi connectivity index (χ0n) is 7.15. The molecule has 5 heteroatoms. The molecule has 14 heavy (non-hydrogen) atoms. The Morgan fingerprint density at radius 2 is 1.64 bits per heavy atom. The summed E-state index contributed by atoms with van der Waals surface area (Å²) < 4.78 is 51.6. The van der Waals surface area contributed by atoms with E-state index in [9.17, 15) is 22.4 Å². The van der Waals surface area contributed by atoms with Gasteiger partial charge in [0.2, 0.25) is 5.78 Å². The molecule has 0 unspecified atom stereocenters. The van der Waals surface area contributed by atoms with Gasteiger partial charge in [-0.05, 0) is 12.1 Å². The van der Waals surface area contributed by atoms with Gasteiger partial charge in [0.05, 0.1) is 0 Å². The molecule has 1 aromatic carbocycles. The van der Waals surface area contributed by atoms with Gasteiger partial charge < -0.3 is 0 Å². The molecule has 0 saturated carbocycles. The van der Waals surface area contributed by atoms with Crippen molar-refractivity contribution in [2.24, 2.45) is 0 Å². The lowest BCUT2D eigenvalue weighted by atomic mass is 10.0. The molecule has 0 aromatic heterocycles. The molecule has 0 heterocycles. The Labute approximate surface area is 77.3 Å². The van der Waals surface area contributed by atoms with Crippen molar-refractivity contribution < 1.29 is 22.4 Å². The normalized spacial score (nSPS) is 11.5. The topological polar surface area (TPSA) is 17.1 Å². The molecule has 0 saturated heterocycles. The van der Waals surface area contributed by atoms with Crippen molar-refractivity contribution in [3.63, 3.8) is 0 Å². The minimum absolute atomic E-state index is 0.575. The standard InChI is InChI=1S/C9H6F4O/c1-5(14)9(12,13)8-6(10)3-2-4-7(8)11/h2-4H,1H3. The smallest absolute Gasteiger partial charge is 0.293 e. The van der Waals surface area contributed by atoms with E-state index in [1.54, 1.807) is 0 Å². The number of benzene rings is 1. The molecule has 0 aliphatic carbocycles. The van der Waals surface area contributed by atoms with Crippen LogP contribution in [0.25, 0.3) is 0 Å². The van der Waals surface area contributed by atoms with Crippen molar-refractivity contribution in [1.82, 2.24) is 0 Å². The number of rotatable bonds is 2. The van der Waals surface area contributed by atoms with Gasteiger partial charge in [-0.2, -0.15) is 8.78 Å². The first-order valence-electron chi connectivity index (χ1n) is 3.70. The van der Waals surface area contributed by atoms with Gasteiger partial charge in [-0.15, -0.1) is 0 Å². The molecule has 0 aliphatic heterocycles. The van der Waals surface area contributed by atoms with Crippen LogP contribution in [0.1, 0.15) is 12.5 Å². The Balaban J connectivity index is 3.38. The largest absolute Gasteiger partial charge is 0.335 e. The van der Waals surface area contributed by atoms with Crippen LogP contribution in [0.4, 0.5) is 17.6 Å². The molecule has 0 aliphatic rings. The van der Waals surface area contributed by atoms with Gasteiger partial charge in [-0.1, -0.05) is 6.07 Å². The van der Waals surface area contributed by atoms with Crippen molar-refractivity contribution in [2.75, 3.05) is 0 Å². The van der Waals surface area contributed by atoms with Crippen LogP contribution in [0.5, 0.6) is 0 Å². The molecule has 0 atom stereocenters. The maximum Gasteiger partial charge on any atom is 0.335 e. The van der Waals surface area contributed by atoms with E-state index in [1.807, 2.05) is 0 Å². The zero-order valence-corrected chi connectivity index (χ0v) is 7.15. The minimum atomic E-state index is -4.12. The fourth-order valence-electron chi connectivity index (χ4n) is 0.974. The van der Waals surface area contributed by atoms with E-state index in [2.05, 4.69) is 0 Å². The third-order valence-electron chi connectivity index (χ3n) is 1.72. The van der Waals surface area contributed by atoms with Crippen molar-refractivity contribution in [3.8, 4) is 0 Å². The summed E-state index contributed by atoms with van der Waals surface area (Å²) >= 11 is 0. The van der Waals surface area contributed by atoms with Gasteiger partial charge in [0.15, 0.2) is 0 Å². The van der Waals surface area contributed by atoms with Crippen LogP contribution < -0.4 is 0 Å². The summed E-state index contributed by atoms with van der Waals surface area (Å²) in [4.78, 5) is 10.5. The predicted molar refractivity (Wildman–Crippen MR) is 40.9 cm³/mol. The maximum absolute atomic E-state index is 13.0. The summed E-state index contributed by atoms with van der Waals surface area (Å²) in [5, 5.41) is 0. The van der Waals surface area contributed by atoms with Crippen molar-refractivity contribution in [1.29, 1.82) is 0 Å². The summed E-state index contributed by atoms with van der Waals surface area (Å²) in [7, 11) is 0. The van der Waals surface area contributed by atoms with Crippen molar-refractivity contribution >= 4 is 5.78 Å². The van der Waals surface area contributed by atoms with E-state index in [-0.39, 0.29) is 0 Å². The SMILES string of the molecule is CC(=O)C(F)(F)c1c(F)cccc1F. The molecule has 1 nitrogen and oxygen atoms in total. The highest BCUT2D eigenvalue weighted by Gasteiger charge is 2.42. The lowest BCUT2D eigenvalue weighted by molar-refractivity contribution is -0.142. The molecule has 76 valence electrons. The number of hydrogen-bond donors (Lipinski definition) is 0. The predicted octanol–water partition coefficient (Wildman–Crippen LogP) is 2.65. The van der Waals surface area contributed by atoms with Gasteiger partial charge in [0.25, 0.3) is 0 Å². The third-order valence-corrected chi connectivity index (χ3v) is 1.72. The van der Waals surface area contributed by atoms with Crippen LogP contribution in [0.2, 0.25) is 0 Å². The monoisotopic (exact) mass is 206 g/mol. The zero-order chi connectivity index (χ0) is 10.9. The quantitative estimate of drug-likeness (QED) is 0.680. The highest BCUT2D eigenvalue weighted by molar-refractivity contribution is 5.84. The second-order valence-corrected chi connectivity index (χ2v) is 2.73. The molecule has 0 radical (unpaired) electrons. The first-order chi connectivity index (χ1) is 6.37. The highest BCUT2D eigenvalue weighted by atomic mass is 19.3. The lowest BCUT2D eigenvalue weighted by Gasteiger charge is -2.14. The fraction of sp³-hybridized carbons (Fsp3) is 0.222. The number of alkyl halides is 2. The Morgan fingerprint density at radius 1 is 1.21 bits per heavy atom. The Kier molecular flexibility index (Phi) is 2.59. The number of ketones is 1. The molecule has 1 aromatic rings. The third kappa shape index (κ3) is 1.62. The van der Waals surface area contributed by atoms with Crippen LogP contribution in [0.3, 0.4) is 0 Å². The lowest BCUT2D eigenvalue weighted by Crippen LogP contribution is -2.26. The first kappa shape index (κ1) is 10.7. The molecule has 0 amide bonds. The number of hydrogen-bond acceptors (Lipinski definition) is 1. The van der Waals surface area contributed by atoms with Gasteiger partial charge in [-0.3, -0.25) is 4.79 Å². The maximum atomic E-state index is 13.0. The van der Waals surface area contributed by atoms with Crippen LogP contribution >= 0.6 is 0 Å². The van der Waals surface area contributed by atoms with E-state index < -0.39 is 28.9 Å². The molecule has 1 rings (SSSR count). The van der Waals surface area contributed by atoms with Crippen LogP contribution in [0, 0.1) is 11.6 Å². The van der Waals surface area contributed by atoms with Gasteiger partial charge in [-0.25, -0.2) is 8.78 Å². The molecular formula is C9H6F4O. The number of carbonyl (C=O) groups excluding carboxylic acids is 1. The summed E-state index contributed by atoms with van der Waals surface area (Å²) in [6.07, 6.45) is 0. The number of halogens is 4. The summed E-state index contributed by atoms with van der Waals surface area (Å²) in [5.74, 6) is -8.56. The van der Waals surface area contributed by atoms with E-state index in [1.165, 1.54) is 0 Å². The van der Waals surface area contributed by atoms with E-state index >= 15 is 0 Å². The number of carbonyl (C=O) groups is 1. The van der Waals surface area contributed by atoms with Crippen LogP contribution in [-0.4, -0.2) is 5.78 Å². The summed E-state index contributed by atoms with van der Waals surface area (Å²) in [5.41, 5.74) is -1.49. The van der Waals surface area contributed by atoms with Crippen molar-refractivity contribution in [2.45, 2.75) is 12.8 Å². The van der Waals surface area contributed by atoms with E-state index in [0.717, 1.165) is 6.07 Å². The summed E-state index contributed by atoms with van der Waals surface area (Å²) in [6, 6.07) is 2.30. The van der Waals surface area contributed by atoms with E-state index in [4.69, 9.17) is 0 Å². The second-order valence-electron chi connectivity index (χ2n) is 2.73.